The summed E-state index contributed by atoms with van der Waals surface area (Å²) in [7, 11) is -3.69. The maximum Gasteiger partial charge on any atom is 0.346 e. The predicted octanol–water partition coefficient (Wildman–Crippen LogP) is -1.07. The monoisotopic (exact) mass is 242 g/mol. The SMILES string of the molecule is C[SiH2]OO[SiH](C)O[SiH](C)O[SiH2]C. The lowest BCUT2D eigenvalue weighted by atomic mass is 11.9. The van der Waals surface area contributed by atoms with E-state index < -0.39 is 28.3 Å². The van der Waals surface area contributed by atoms with Crippen LogP contribution in [0.4, 0.5) is 0 Å². The van der Waals surface area contributed by atoms with Crippen LogP contribution in [0.1, 0.15) is 0 Å². The van der Waals surface area contributed by atoms with E-state index >= 15 is 0 Å². The Labute approximate surface area is 82.1 Å². The first-order valence-electron chi connectivity index (χ1n) is 4.26. The van der Waals surface area contributed by atoms with Crippen molar-refractivity contribution >= 4 is 38.1 Å². The molecule has 2 atom stereocenters. The summed E-state index contributed by atoms with van der Waals surface area (Å²) in [5, 5.41) is 0. The van der Waals surface area contributed by atoms with E-state index in [1.165, 1.54) is 0 Å². The van der Waals surface area contributed by atoms with Gasteiger partial charge in [0.25, 0.3) is 9.28 Å². The van der Waals surface area contributed by atoms with Crippen LogP contribution in [0.2, 0.25) is 26.2 Å². The Bertz CT molecular complexity index is 105. The molecule has 12 heavy (non-hydrogen) atoms. The van der Waals surface area contributed by atoms with Crippen LogP contribution >= 0.6 is 0 Å². The van der Waals surface area contributed by atoms with Crippen LogP contribution < -0.4 is 0 Å². The molecule has 0 aromatic rings. The Balaban J connectivity index is 3.33. The predicted molar refractivity (Wildman–Crippen MR) is 59.2 cm³/mol. The lowest BCUT2D eigenvalue weighted by Gasteiger charge is -2.16. The first-order valence-corrected chi connectivity index (χ1v) is 12.4. The van der Waals surface area contributed by atoms with Gasteiger partial charge in [0.15, 0.2) is 0 Å². The normalized spacial score (nSPS) is 18.0. The van der Waals surface area contributed by atoms with Crippen LogP contribution in [0.25, 0.3) is 0 Å². The molecule has 74 valence electrons. The van der Waals surface area contributed by atoms with Crippen molar-refractivity contribution in [3.8, 4) is 0 Å². The molecule has 0 radical (unpaired) electrons. The maximum absolute atomic E-state index is 5.56. The molecule has 2 unspecified atom stereocenters. The highest BCUT2D eigenvalue weighted by atomic mass is 28.4. The Morgan fingerprint density at radius 2 is 1.67 bits per heavy atom. The molecule has 0 fully saturated rings. The quantitative estimate of drug-likeness (QED) is 0.324. The first-order chi connectivity index (χ1) is 5.70. The van der Waals surface area contributed by atoms with E-state index in [-0.39, 0.29) is 9.76 Å². The van der Waals surface area contributed by atoms with Crippen LogP contribution in [0, 0.1) is 0 Å². The summed E-state index contributed by atoms with van der Waals surface area (Å²) in [5.74, 6) is 0. The highest BCUT2D eigenvalue weighted by molar-refractivity contribution is 6.61. The van der Waals surface area contributed by atoms with Crippen LogP contribution in [0.3, 0.4) is 0 Å². The number of rotatable bonds is 7. The van der Waals surface area contributed by atoms with E-state index in [1.807, 2.05) is 19.6 Å². The first kappa shape index (κ1) is 12.7. The minimum absolute atomic E-state index is 0.324. The fourth-order valence-corrected chi connectivity index (χ4v) is 7.28. The summed E-state index contributed by atoms with van der Waals surface area (Å²) >= 11 is 0. The van der Waals surface area contributed by atoms with Crippen molar-refractivity contribution in [2.75, 3.05) is 0 Å². The third-order valence-electron chi connectivity index (χ3n) is 1.11. The van der Waals surface area contributed by atoms with Gasteiger partial charge in [-0.05, 0) is 19.6 Å². The van der Waals surface area contributed by atoms with E-state index in [2.05, 4.69) is 6.55 Å². The van der Waals surface area contributed by atoms with Crippen molar-refractivity contribution < 1.29 is 17.4 Å². The van der Waals surface area contributed by atoms with Crippen LogP contribution in [-0.2, 0) is 17.4 Å². The van der Waals surface area contributed by atoms with Crippen molar-refractivity contribution in [2.45, 2.75) is 26.2 Å². The third kappa shape index (κ3) is 7.36. The van der Waals surface area contributed by atoms with Crippen molar-refractivity contribution in [2.24, 2.45) is 0 Å². The zero-order valence-electron chi connectivity index (χ0n) is 8.20. The second kappa shape index (κ2) is 8.31. The minimum atomic E-state index is -1.54. The topological polar surface area (TPSA) is 36.9 Å². The van der Waals surface area contributed by atoms with Gasteiger partial charge < -0.3 is 12.8 Å². The van der Waals surface area contributed by atoms with Crippen molar-refractivity contribution in [1.82, 2.24) is 0 Å². The van der Waals surface area contributed by atoms with Gasteiger partial charge in [-0.3, -0.25) is 4.58 Å². The van der Waals surface area contributed by atoms with Crippen molar-refractivity contribution in [3.05, 3.63) is 0 Å². The summed E-state index contributed by atoms with van der Waals surface area (Å²) in [6, 6.07) is 0. The molecule has 0 rings (SSSR count). The minimum Gasteiger partial charge on any atom is -0.444 e. The van der Waals surface area contributed by atoms with E-state index in [9.17, 15) is 0 Å². The molecule has 0 saturated carbocycles. The molecule has 0 bridgehead atoms. The van der Waals surface area contributed by atoms with Gasteiger partial charge in [-0.25, -0.2) is 0 Å². The molecule has 0 aliphatic heterocycles. The molecule has 8 heteroatoms. The Morgan fingerprint density at radius 3 is 2.17 bits per heavy atom. The molecule has 0 aromatic heterocycles. The zero-order chi connectivity index (χ0) is 9.40. The van der Waals surface area contributed by atoms with Gasteiger partial charge in [-0.15, -0.1) is 0 Å². The average molecular weight is 243 g/mol. The second-order valence-electron chi connectivity index (χ2n) is 2.23. The molecule has 0 aromatic carbocycles. The standard InChI is InChI=1S/C4H18O4Si4/c1-9-5-6-11(3)8-12(4)7-10-2/h11-12H,9-10H2,1-4H3. The molecule has 0 heterocycles. The van der Waals surface area contributed by atoms with Gasteiger partial charge in [-0.1, -0.05) is 6.55 Å². The van der Waals surface area contributed by atoms with Gasteiger partial charge in [0.05, 0.1) is 0 Å². The summed E-state index contributed by atoms with van der Waals surface area (Å²) in [6.45, 7) is 8.13. The number of hydrogen-bond acceptors (Lipinski definition) is 4. The molecular formula is C4H18O4Si4. The molecule has 0 N–H and O–H groups in total. The molecule has 0 saturated heterocycles. The van der Waals surface area contributed by atoms with Gasteiger partial charge in [0, 0.05) is 0 Å². The molecule has 4 nitrogen and oxygen atoms in total. The summed E-state index contributed by atoms with van der Waals surface area (Å²) in [5.41, 5.74) is 0. The number of hydrogen-bond donors (Lipinski definition) is 0. The van der Waals surface area contributed by atoms with Gasteiger partial charge in [0.1, 0.15) is 9.76 Å². The zero-order valence-corrected chi connectivity index (χ0v) is 13.3. The highest BCUT2D eigenvalue weighted by Gasteiger charge is 2.12. The average Bonchev–Trinajstić information content (AvgIpc) is 2.01. The van der Waals surface area contributed by atoms with Crippen LogP contribution in [0.5, 0.6) is 0 Å². The summed E-state index contributed by atoms with van der Waals surface area (Å²) < 4.78 is 21.0. The lowest BCUT2D eigenvalue weighted by molar-refractivity contribution is -0.117. The third-order valence-corrected chi connectivity index (χ3v) is 8.43. The second-order valence-corrected chi connectivity index (χ2v) is 8.50. The van der Waals surface area contributed by atoms with E-state index in [0.29, 0.717) is 0 Å². The van der Waals surface area contributed by atoms with Crippen molar-refractivity contribution in [3.63, 3.8) is 0 Å². The molecule has 0 aliphatic carbocycles. The van der Waals surface area contributed by atoms with E-state index in [4.69, 9.17) is 17.4 Å². The fraction of sp³-hybridized carbons (Fsp3) is 1.00. The Kier molecular flexibility index (Phi) is 8.80. The van der Waals surface area contributed by atoms with E-state index in [1.54, 1.807) is 0 Å². The smallest absolute Gasteiger partial charge is 0.346 e. The van der Waals surface area contributed by atoms with Gasteiger partial charge in [-0.2, -0.15) is 0 Å². The van der Waals surface area contributed by atoms with Crippen LogP contribution in [0.15, 0.2) is 0 Å². The molecular weight excluding hydrogens is 224 g/mol. The van der Waals surface area contributed by atoms with Gasteiger partial charge >= 0.3 is 9.28 Å². The van der Waals surface area contributed by atoms with Crippen molar-refractivity contribution in [1.29, 1.82) is 0 Å². The van der Waals surface area contributed by atoms with E-state index in [0.717, 1.165) is 0 Å². The molecule has 0 aliphatic rings. The Hall–Kier alpha value is 0.708. The fourth-order valence-electron chi connectivity index (χ4n) is 0.730. The van der Waals surface area contributed by atoms with Gasteiger partial charge in [0.2, 0.25) is 9.76 Å². The summed E-state index contributed by atoms with van der Waals surface area (Å²) in [4.78, 5) is 0. The van der Waals surface area contributed by atoms with Crippen LogP contribution in [-0.4, -0.2) is 38.1 Å². The highest BCUT2D eigenvalue weighted by Crippen LogP contribution is 1.94. The lowest BCUT2D eigenvalue weighted by Crippen LogP contribution is -2.30. The maximum atomic E-state index is 5.56. The molecule has 0 amide bonds. The largest absolute Gasteiger partial charge is 0.444 e. The molecule has 0 spiro atoms. The Morgan fingerprint density at radius 1 is 1.00 bits per heavy atom. The summed E-state index contributed by atoms with van der Waals surface area (Å²) in [6.07, 6.45) is 0.